The average molecular weight is 348 g/mol. The van der Waals surface area contributed by atoms with E-state index in [0.29, 0.717) is 17.8 Å². The Balaban J connectivity index is 1.70. The van der Waals surface area contributed by atoms with Gasteiger partial charge >= 0.3 is 0 Å². The van der Waals surface area contributed by atoms with Crippen molar-refractivity contribution in [3.05, 3.63) is 0 Å². The van der Waals surface area contributed by atoms with E-state index in [-0.39, 0.29) is 16.7 Å². The Kier molecular flexibility index (Phi) is 3.26. The highest BCUT2D eigenvalue weighted by atomic mass is 16.7. The van der Waals surface area contributed by atoms with Crippen LogP contribution in [0, 0.1) is 39.9 Å². The largest absolute Gasteiger partial charge is 0.392 e. The third-order valence-corrected chi connectivity index (χ3v) is 9.52. The second-order valence-corrected chi connectivity index (χ2v) is 10.4. The molecule has 6 aliphatic rings. The molecule has 2 aliphatic heterocycles. The third kappa shape index (κ3) is 1.64. The number of ether oxygens (including phenoxy) is 2. The molecule has 6 rings (SSSR count). The summed E-state index contributed by atoms with van der Waals surface area (Å²) in [5.74, 6) is 0.339. The first-order valence-electron chi connectivity index (χ1n) is 10.2. The van der Waals surface area contributed by atoms with Crippen LogP contribution >= 0.6 is 0 Å². The van der Waals surface area contributed by atoms with E-state index in [4.69, 9.17) is 9.47 Å². The topological polar surface area (TPSA) is 55.8 Å². The highest BCUT2D eigenvalue weighted by molar-refractivity contribution is 5.57. The molecule has 0 aromatic carbocycles. The van der Waals surface area contributed by atoms with Crippen molar-refractivity contribution in [1.82, 2.24) is 0 Å². The Bertz CT molecular complexity index is 603. The number of hydrogen-bond donors (Lipinski definition) is 1. The van der Waals surface area contributed by atoms with Gasteiger partial charge in [-0.25, -0.2) is 0 Å². The number of hydrogen-bond acceptors (Lipinski definition) is 4. The summed E-state index contributed by atoms with van der Waals surface area (Å²) in [6.45, 7) is 5.60. The Labute approximate surface area is 150 Å². The van der Waals surface area contributed by atoms with Gasteiger partial charge < -0.3 is 19.4 Å². The minimum absolute atomic E-state index is 0.158. The van der Waals surface area contributed by atoms with Crippen LogP contribution in [-0.4, -0.2) is 37.0 Å². The number of methoxy groups -OCH3 is 1. The molecule has 0 radical (unpaired) electrons. The Morgan fingerprint density at radius 3 is 2.68 bits per heavy atom. The third-order valence-electron chi connectivity index (χ3n) is 9.52. The number of carbonyl (C=O) groups excluding carboxylic acids is 1. The molecule has 140 valence electrons. The van der Waals surface area contributed by atoms with Crippen molar-refractivity contribution in [2.45, 2.75) is 70.7 Å². The fourth-order valence-corrected chi connectivity index (χ4v) is 8.61. The number of aldehydes is 1. The summed E-state index contributed by atoms with van der Waals surface area (Å²) in [5, 5.41) is 11.4. The summed E-state index contributed by atoms with van der Waals surface area (Å²) < 4.78 is 12.7. The lowest BCUT2D eigenvalue weighted by molar-refractivity contribution is -0.430. The highest BCUT2D eigenvalue weighted by Gasteiger charge is 2.80. The van der Waals surface area contributed by atoms with Gasteiger partial charge in [0.2, 0.25) is 0 Å². The molecule has 0 amide bonds. The van der Waals surface area contributed by atoms with Crippen LogP contribution in [0.3, 0.4) is 0 Å². The van der Waals surface area contributed by atoms with E-state index in [1.807, 2.05) is 0 Å². The quantitative estimate of drug-likeness (QED) is 0.779. The minimum Gasteiger partial charge on any atom is -0.392 e. The summed E-state index contributed by atoms with van der Waals surface area (Å²) >= 11 is 0. The van der Waals surface area contributed by atoms with Crippen LogP contribution in [0.1, 0.15) is 58.8 Å². The minimum atomic E-state index is -0.714. The van der Waals surface area contributed by atoms with Crippen molar-refractivity contribution in [3.63, 3.8) is 0 Å². The van der Waals surface area contributed by atoms with Gasteiger partial charge in [-0.05, 0) is 55.3 Å². The Morgan fingerprint density at radius 1 is 1.16 bits per heavy atom. The first-order chi connectivity index (χ1) is 11.9. The zero-order valence-electron chi connectivity index (χ0n) is 15.8. The molecule has 25 heavy (non-hydrogen) atoms. The van der Waals surface area contributed by atoms with Crippen molar-refractivity contribution in [2.75, 3.05) is 13.7 Å². The first-order valence-corrected chi connectivity index (χ1v) is 10.2. The maximum absolute atomic E-state index is 11.8. The predicted octanol–water partition coefficient (Wildman–Crippen LogP) is 3.17. The lowest BCUT2D eigenvalue weighted by Crippen LogP contribution is -2.76. The second-order valence-electron chi connectivity index (χ2n) is 10.4. The van der Waals surface area contributed by atoms with Crippen LogP contribution in [0.25, 0.3) is 0 Å². The molecule has 4 saturated carbocycles. The molecule has 0 aromatic heterocycles. The second kappa shape index (κ2) is 4.88. The Morgan fingerprint density at radius 2 is 1.96 bits per heavy atom. The molecule has 4 nitrogen and oxygen atoms in total. The van der Waals surface area contributed by atoms with Crippen LogP contribution in [0.5, 0.6) is 0 Å². The fourth-order valence-electron chi connectivity index (χ4n) is 8.61. The van der Waals surface area contributed by atoms with Crippen LogP contribution in [0.2, 0.25) is 0 Å². The maximum atomic E-state index is 11.8. The van der Waals surface area contributed by atoms with Gasteiger partial charge in [-0.2, -0.15) is 0 Å². The van der Waals surface area contributed by atoms with Gasteiger partial charge in [0, 0.05) is 24.9 Å². The standard InChI is InChI=1S/C21H32O4/c1-18(2)7-4-8-19-12-25-21(24-3,10-16(18)19)20-9-13(5-6-15(19)20)14(11-22)17(20)23/h11,13-17,23H,4-10,12H2,1-3H3/t13-,14-,15+,16-,17-,19-,20+,21+/m1/s1. The summed E-state index contributed by atoms with van der Waals surface area (Å²) in [5.41, 5.74) is 0.0576. The van der Waals surface area contributed by atoms with Crippen molar-refractivity contribution in [1.29, 1.82) is 0 Å². The molecule has 4 aliphatic carbocycles. The van der Waals surface area contributed by atoms with Crippen molar-refractivity contribution in [2.24, 2.45) is 39.9 Å². The van der Waals surface area contributed by atoms with Gasteiger partial charge in [0.25, 0.3) is 0 Å². The fraction of sp³-hybridized carbons (Fsp3) is 0.952. The first kappa shape index (κ1) is 16.7. The molecule has 2 saturated heterocycles. The van der Waals surface area contributed by atoms with E-state index < -0.39 is 17.3 Å². The lowest BCUT2D eigenvalue weighted by atomic mass is 9.37. The summed E-state index contributed by atoms with van der Waals surface area (Å²) in [6.07, 6.45) is 8.07. The molecule has 8 atom stereocenters. The molecule has 0 aromatic rings. The number of rotatable bonds is 2. The highest BCUT2D eigenvalue weighted by Crippen LogP contribution is 2.78. The lowest BCUT2D eigenvalue weighted by Gasteiger charge is -2.74. The van der Waals surface area contributed by atoms with E-state index in [1.54, 1.807) is 7.11 Å². The van der Waals surface area contributed by atoms with Gasteiger partial charge in [0.1, 0.15) is 6.29 Å². The summed E-state index contributed by atoms with van der Waals surface area (Å²) in [7, 11) is 1.75. The molecular weight excluding hydrogens is 316 g/mol. The number of aliphatic hydroxyl groups is 1. The van der Waals surface area contributed by atoms with Gasteiger partial charge in [-0.3, -0.25) is 0 Å². The maximum Gasteiger partial charge on any atom is 0.176 e. The SMILES string of the molecule is CO[C@@]12C[C@@H]3C(C)(C)CCC[C@@]3(CO1)[C@@H]1CC[C@@H]3C[C@@]12[C@H](O)[C@@H]3C=O. The molecule has 2 heterocycles. The van der Waals surface area contributed by atoms with Crippen LogP contribution in [0.4, 0.5) is 0 Å². The van der Waals surface area contributed by atoms with Gasteiger partial charge in [0.05, 0.1) is 18.1 Å². The van der Waals surface area contributed by atoms with Crippen molar-refractivity contribution in [3.8, 4) is 0 Å². The van der Waals surface area contributed by atoms with E-state index in [1.165, 1.54) is 19.3 Å². The molecule has 4 heteroatoms. The van der Waals surface area contributed by atoms with Crippen molar-refractivity contribution >= 4 is 6.29 Å². The van der Waals surface area contributed by atoms with Gasteiger partial charge in [0.15, 0.2) is 5.79 Å². The zero-order chi connectivity index (χ0) is 17.7. The van der Waals surface area contributed by atoms with Crippen molar-refractivity contribution < 1.29 is 19.4 Å². The molecule has 0 unspecified atom stereocenters. The van der Waals surface area contributed by atoms with Gasteiger partial charge in [-0.15, -0.1) is 0 Å². The molecule has 4 bridgehead atoms. The molecular formula is C21H32O4. The zero-order valence-corrected chi connectivity index (χ0v) is 15.8. The van der Waals surface area contributed by atoms with Crippen LogP contribution < -0.4 is 0 Å². The van der Waals surface area contributed by atoms with E-state index in [2.05, 4.69) is 13.8 Å². The van der Waals surface area contributed by atoms with Crippen LogP contribution in [0.15, 0.2) is 0 Å². The summed E-state index contributed by atoms with van der Waals surface area (Å²) in [6, 6.07) is 0. The number of fused-ring (bicyclic) bond motifs is 2. The molecule has 6 fully saturated rings. The predicted molar refractivity (Wildman–Crippen MR) is 92.7 cm³/mol. The monoisotopic (exact) mass is 348 g/mol. The Hall–Kier alpha value is -0.450. The smallest absolute Gasteiger partial charge is 0.176 e. The molecule has 1 N–H and O–H groups in total. The van der Waals surface area contributed by atoms with Gasteiger partial charge in [-0.1, -0.05) is 20.3 Å². The van der Waals surface area contributed by atoms with E-state index in [9.17, 15) is 9.90 Å². The normalized spacial score (nSPS) is 58.5. The summed E-state index contributed by atoms with van der Waals surface area (Å²) in [4.78, 5) is 11.8. The number of aliphatic hydroxyl groups excluding tert-OH is 1. The molecule has 2 spiro atoms. The van der Waals surface area contributed by atoms with E-state index >= 15 is 0 Å². The van der Waals surface area contributed by atoms with Crippen LogP contribution in [-0.2, 0) is 14.3 Å². The number of carbonyl (C=O) groups is 1. The van der Waals surface area contributed by atoms with E-state index in [0.717, 1.165) is 38.6 Å². The average Bonchev–Trinajstić information content (AvgIpc) is 2.81.